The van der Waals surface area contributed by atoms with Gasteiger partial charge in [-0.3, -0.25) is 5.10 Å². The van der Waals surface area contributed by atoms with Crippen molar-refractivity contribution in [2.24, 2.45) is 0 Å². The van der Waals surface area contributed by atoms with Gasteiger partial charge in [0.2, 0.25) is 0 Å². The van der Waals surface area contributed by atoms with Gasteiger partial charge in [0.05, 0.1) is 17.0 Å². The smallest absolute Gasteiger partial charge is 0.103 e. The molecule has 0 spiro atoms. The van der Waals surface area contributed by atoms with E-state index in [0.29, 0.717) is 5.56 Å². The minimum Gasteiger partial charge on any atom is -0.281 e. The molecule has 1 heterocycles. The molecule has 3 nitrogen and oxygen atoms in total. The Bertz CT molecular complexity index is 267. The molecule has 0 aromatic carbocycles. The Kier molecular flexibility index (Phi) is 1.72. The predicted molar refractivity (Wildman–Crippen MR) is 37.4 cm³/mol. The first kappa shape index (κ1) is 6.81. The quantitative estimate of drug-likeness (QED) is 0.628. The Morgan fingerprint density at radius 3 is 2.80 bits per heavy atom. The summed E-state index contributed by atoms with van der Waals surface area (Å²) >= 11 is 0. The Hall–Kier alpha value is -1.30. The molecule has 0 atom stereocenters. The van der Waals surface area contributed by atoms with Crippen LogP contribution in [0.3, 0.4) is 0 Å². The number of nitrogens with one attached hydrogen (secondary N) is 1. The normalized spacial score (nSPS) is 9.30. The van der Waals surface area contributed by atoms with Gasteiger partial charge in [-0.15, -0.1) is 0 Å². The number of nitrogens with zero attached hydrogens (tertiary/aromatic N) is 2. The van der Waals surface area contributed by atoms with Gasteiger partial charge in [-0.25, -0.2) is 0 Å². The van der Waals surface area contributed by atoms with Gasteiger partial charge < -0.3 is 0 Å². The third-order valence-electron chi connectivity index (χ3n) is 1.47. The molecule has 1 aromatic rings. The average Bonchev–Trinajstić information content (AvgIpc) is 2.30. The van der Waals surface area contributed by atoms with Crippen molar-refractivity contribution in [2.45, 2.75) is 20.3 Å². The molecule has 1 N–H and O–H groups in total. The molecule has 0 bridgehead atoms. The molecule has 3 heteroatoms. The molecule has 0 aliphatic heterocycles. The van der Waals surface area contributed by atoms with Crippen LogP contribution in [0, 0.1) is 18.3 Å². The fourth-order valence-corrected chi connectivity index (χ4v) is 0.884. The van der Waals surface area contributed by atoms with E-state index in [4.69, 9.17) is 5.26 Å². The van der Waals surface area contributed by atoms with E-state index in [0.717, 1.165) is 17.8 Å². The molecule has 10 heavy (non-hydrogen) atoms. The third kappa shape index (κ3) is 0.883. The number of aryl methyl sites for hydroxylation is 2. The maximum Gasteiger partial charge on any atom is 0.103 e. The van der Waals surface area contributed by atoms with Crippen LogP contribution in [-0.4, -0.2) is 10.2 Å². The minimum atomic E-state index is 0.697. The van der Waals surface area contributed by atoms with Gasteiger partial charge in [0.15, 0.2) is 0 Å². The molecule has 0 aliphatic rings. The van der Waals surface area contributed by atoms with Crippen LogP contribution in [0.2, 0.25) is 0 Å². The second-order valence-electron chi connectivity index (χ2n) is 2.14. The van der Waals surface area contributed by atoms with Crippen LogP contribution in [-0.2, 0) is 6.42 Å². The molecular weight excluding hydrogens is 126 g/mol. The molecular formula is C7H9N3. The second kappa shape index (κ2) is 2.53. The fraction of sp³-hybridized carbons (Fsp3) is 0.429. The van der Waals surface area contributed by atoms with Crippen LogP contribution < -0.4 is 0 Å². The molecule has 0 fully saturated rings. The Balaban J connectivity index is 3.17. The number of H-pyrrole nitrogens is 1. The summed E-state index contributed by atoms with van der Waals surface area (Å²) in [6.07, 6.45) is 0.813. The van der Waals surface area contributed by atoms with Crippen molar-refractivity contribution in [3.05, 3.63) is 17.0 Å². The highest BCUT2D eigenvalue weighted by Gasteiger charge is 2.05. The molecule has 0 amide bonds. The van der Waals surface area contributed by atoms with Crippen molar-refractivity contribution in [3.63, 3.8) is 0 Å². The fourth-order valence-electron chi connectivity index (χ4n) is 0.884. The van der Waals surface area contributed by atoms with Gasteiger partial charge in [0.1, 0.15) is 6.07 Å². The SMILES string of the molecule is CCc1n[nH]c(C)c1C#N. The van der Waals surface area contributed by atoms with Crippen LogP contribution in [0.5, 0.6) is 0 Å². The summed E-state index contributed by atoms with van der Waals surface area (Å²) in [6.45, 7) is 3.83. The minimum absolute atomic E-state index is 0.697. The summed E-state index contributed by atoms with van der Waals surface area (Å²) in [6, 6.07) is 2.10. The summed E-state index contributed by atoms with van der Waals surface area (Å²) in [5, 5.41) is 15.3. The van der Waals surface area contributed by atoms with E-state index in [1.807, 2.05) is 13.8 Å². The van der Waals surface area contributed by atoms with Crippen LogP contribution in [0.15, 0.2) is 0 Å². The lowest BCUT2D eigenvalue weighted by Gasteiger charge is -1.85. The van der Waals surface area contributed by atoms with Gasteiger partial charge >= 0.3 is 0 Å². The monoisotopic (exact) mass is 135 g/mol. The lowest BCUT2D eigenvalue weighted by molar-refractivity contribution is 0.961. The highest BCUT2D eigenvalue weighted by molar-refractivity contribution is 5.36. The van der Waals surface area contributed by atoms with Gasteiger partial charge in [0.25, 0.3) is 0 Å². The van der Waals surface area contributed by atoms with E-state index in [1.54, 1.807) is 0 Å². The van der Waals surface area contributed by atoms with Crippen molar-refractivity contribution in [3.8, 4) is 6.07 Å². The molecule has 0 saturated carbocycles. The number of hydrogen-bond donors (Lipinski definition) is 1. The maximum atomic E-state index is 8.61. The second-order valence-corrected chi connectivity index (χ2v) is 2.14. The van der Waals surface area contributed by atoms with E-state index in [-0.39, 0.29) is 0 Å². The van der Waals surface area contributed by atoms with E-state index in [9.17, 15) is 0 Å². The van der Waals surface area contributed by atoms with Gasteiger partial charge in [-0.2, -0.15) is 10.4 Å². The van der Waals surface area contributed by atoms with Gasteiger partial charge in [-0.05, 0) is 13.3 Å². The molecule has 0 unspecified atom stereocenters. The van der Waals surface area contributed by atoms with Gasteiger partial charge in [-0.1, -0.05) is 6.92 Å². The van der Waals surface area contributed by atoms with Crippen molar-refractivity contribution >= 4 is 0 Å². The van der Waals surface area contributed by atoms with Gasteiger partial charge in [0, 0.05) is 0 Å². The zero-order valence-corrected chi connectivity index (χ0v) is 6.10. The summed E-state index contributed by atoms with van der Waals surface area (Å²) in [5.41, 5.74) is 2.42. The zero-order chi connectivity index (χ0) is 7.56. The lowest BCUT2D eigenvalue weighted by Crippen LogP contribution is -1.83. The molecule has 0 saturated heterocycles. The van der Waals surface area contributed by atoms with Crippen molar-refractivity contribution in [2.75, 3.05) is 0 Å². The van der Waals surface area contributed by atoms with E-state index < -0.39 is 0 Å². The Labute approximate surface area is 59.7 Å². The molecule has 52 valence electrons. The standard InChI is InChI=1S/C7H9N3/c1-3-7-6(4-8)5(2)9-10-7/h3H2,1-2H3,(H,9,10). The zero-order valence-electron chi connectivity index (χ0n) is 6.10. The lowest BCUT2D eigenvalue weighted by atomic mass is 10.2. The summed E-state index contributed by atoms with van der Waals surface area (Å²) in [7, 11) is 0. The average molecular weight is 135 g/mol. The topological polar surface area (TPSA) is 52.5 Å². The van der Waals surface area contributed by atoms with Crippen LogP contribution in [0.25, 0.3) is 0 Å². The number of rotatable bonds is 1. The first-order valence-corrected chi connectivity index (χ1v) is 3.23. The first-order valence-electron chi connectivity index (χ1n) is 3.23. The van der Waals surface area contributed by atoms with Crippen molar-refractivity contribution in [1.29, 1.82) is 5.26 Å². The van der Waals surface area contributed by atoms with Crippen LogP contribution in [0.4, 0.5) is 0 Å². The van der Waals surface area contributed by atoms with E-state index in [1.165, 1.54) is 0 Å². The van der Waals surface area contributed by atoms with Crippen LogP contribution in [0.1, 0.15) is 23.9 Å². The largest absolute Gasteiger partial charge is 0.281 e. The summed E-state index contributed by atoms with van der Waals surface area (Å²) < 4.78 is 0. The Morgan fingerprint density at radius 1 is 1.70 bits per heavy atom. The molecule has 1 aromatic heterocycles. The number of nitriles is 1. The number of hydrogen-bond acceptors (Lipinski definition) is 2. The first-order chi connectivity index (χ1) is 4.79. The number of aromatic amines is 1. The molecule has 1 rings (SSSR count). The highest BCUT2D eigenvalue weighted by Crippen LogP contribution is 2.08. The Morgan fingerprint density at radius 2 is 2.40 bits per heavy atom. The third-order valence-corrected chi connectivity index (χ3v) is 1.47. The van der Waals surface area contributed by atoms with Crippen LogP contribution >= 0.6 is 0 Å². The molecule has 0 aliphatic carbocycles. The highest BCUT2D eigenvalue weighted by atomic mass is 15.1. The summed E-state index contributed by atoms with van der Waals surface area (Å²) in [4.78, 5) is 0. The predicted octanol–water partition coefficient (Wildman–Crippen LogP) is 1.15. The van der Waals surface area contributed by atoms with Crippen molar-refractivity contribution < 1.29 is 0 Å². The van der Waals surface area contributed by atoms with E-state index >= 15 is 0 Å². The number of aromatic nitrogens is 2. The van der Waals surface area contributed by atoms with E-state index in [2.05, 4.69) is 16.3 Å². The maximum absolute atomic E-state index is 8.61. The summed E-state index contributed by atoms with van der Waals surface area (Å²) in [5.74, 6) is 0. The van der Waals surface area contributed by atoms with Crippen molar-refractivity contribution in [1.82, 2.24) is 10.2 Å². The molecule has 0 radical (unpaired) electrons.